The molecule has 5 atom stereocenters. The number of methoxy groups -OCH3 is 2. The van der Waals surface area contributed by atoms with Gasteiger partial charge in [-0.05, 0) is 61.5 Å². The van der Waals surface area contributed by atoms with Crippen LogP contribution in [0.15, 0.2) is 18.2 Å². The molecule has 5 unspecified atom stereocenters. The average molecular weight is 287 g/mol. The predicted molar refractivity (Wildman–Crippen MR) is 84.0 cm³/mol. The molecular formula is C18H25NO2. The minimum atomic E-state index is 0.660. The maximum absolute atomic E-state index is 5.41. The van der Waals surface area contributed by atoms with Gasteiger partial charge in [0.05, 0.1) is 14.2 Å². The molecule has 1 aromatic rings. The number of hydrogen-bond acceptors (Lipinski definition) is 3. The topological polar surface area (TPSA) is 30.5 Å². The molecule has 0 radical (unpaired) electrons. The zero-order valence-corrected chi connectivity index (χ0v) is 13.0. The van der Waals surface area contributed by atoms with Crippen molar-refractivity contribution in [3.8, 4) is 11.5 Å². The van der Waals surface area contributed by atoms with E-state index >= 15 is 0 Å². The SMILES string of the molecule is COc1ccc(NC2CC3CC2C2CCCC32)cc1OC. The highest BCUT2D eigenvalue weighted by molar-refractivity contribution is 5.55. The number of fused-ring (bicyclic) bond motifs is 5. The van der Waals surface area contributed by atoms with E-state index in [1.807, 2.05) is 6.07 Å². The van der Waals surface area contributed by atoms with Gasteiger partial charge in [-0.15, -0.1) is 0 Å². The van der Waals surface area contributed by atoms with Crippen molar-refractivity contribution in [1.82, 2.24) is 0 Å². The third-order valence-corrected chi connectivity index (χ3v) is 6.16. The van der Waals surface area contributed by atoms with E-state index in [-0.39, 0.29) is 0 Å². The van der Waals surface area contributed by atoms with Gasteiger partial charge in [-0.2, -0.15) is 0 Å². The molecule has 4 rings (SSSR count). The molecule has 2 bridgehead atoms. The van der Waals surface area contributed by atoms with Crippen LogP contribution in [0.2, 0.25) is 0 Å². The molecule has 21 heavy (non-hydrogen) atoms. The van der Waals surface area contributed by atoms with Crippen molar-refractivity contribution in [2.24, 2.45) is 23.7 Å². The zero-order valence-electron chi connectivity index (χ0n) is 13.0. The van der Waals surface area contributed by atoms with Crippen LogP contribution in [0.1, 0.15) is 32.1 Å². The molecule has 3 aliphatic rings. The number of rotatable bonds is 4. The molecular weight excluding hydrogens is 262 g/mol. The Morgan fingerprint density at radius 2 is 1.76 bits per heavy atom. The Bertz CT molecular complexity index is 530. The van der Waals surface area contributed by atoms with E-state index in [1.165, 1.54) is 37.8 Å². The molecule has 0 aromatic heterocycles. The summed E-state index contributed by atoms with van der Waals surface area (Å²) in [5.74, 6) is 5.55. The first-order valence-corrected chi connectivity index (χ1v) is 8.28. The molecule has 0 saturated heterocycles. The van der Waals surface area contributed by atoms with Gasteiger partial charge in [0.2, 0.25) is 0 Å². The van der Waals surface area contributed by atoms with E-state index < -0.39 is 0 Å². The van der Waals surface area contributed by atoms with Gasteiger partial charge in [-0.25, -0.2) is 0 Å². The van der Waals surface area contributed by atoms with Crippen LogP contribution in [0.25, 0.3) is 0 Å². The molecule has 1 N–H and O–H groups in total. The van der Waals surface area contributed by atoms with E-state index in [9.17, 15) is 0 Å². The highest BCUT2D eigenvalue weighted by Crippen LogP contribution is 2.59. The second kappa shape index (κ2) is 5.11. The third-order valence-electron chi connectivity index (χ3n) is 6.16. The number of nitrogens with one attached hydrogen (secondary N) is 1. The van der Waals surface area contributed by atoms with Crippen molar-refractivity contribution in [2.75, 3.05) is 19.5 Å². The van der Waals surface area contributed by atoms with E-state index in [0.29, 0.717) is 6.04 Å². The molecule has 3 heteroatoms. The van der Waals surface area contributed by atoms with Crippen LogP contribution in [0.3, 0.4) is 0 Å². The fourth-order valence-electron chi connectivity index (χ4n) is 5.37. The number of benzene rings is 1. The van der Waals surface area contributed by atoms with E-state index in [0.717, 1.165) is 35.2 Å². The fraction of sp³-hybridized carbons (Fsp3) is 0.667. The second-order valence-electron chi connectivity index (χ2n) is 6.97. The average Bonchev–Trinajstić information content (AvgIpc) is 3.19. The lowest BCUT2D eigenvalue weighted by Gasteiger charge is -2.32. The minimum Gasteiger partial charge on any atom is -0.493 e. The van der Waals surface area contributed by atoms with Gasteiger partial charge < -0.3 is 14.8 Å². The Morgan fingerprint density at radius 1 is 0.952 bits per heavy atom. The lowest BCUT2D eigenvalue weighted by molar-refractivity contribution is 0.243. The van der Waals surface area contributed by atoms with Crippen LogP contribution in [-0.2, 0) is 0 Å². The summed E-state index contributed by atoms with van der Waals surface area (Å²) >= 11 is 0. The fourth-order valence-corrected chi connectivity index (χ4v) is 5.37. The summed E-state index contributed by atoms with van der Waals surface area (Å²) < 4.78 is 10.7. The van der Waals surface area contributed by atoms with Crippen molar-refractivity contribution in [3.63, 3.8) is 0 Å². The Morgan fingerprint density at radius 3 is 2.57 bits per heavy atom. The van der Waals surface area contributed by atoms with E-state index in [2.05, 4.69) is 17.4 Å². The second-order valence-corrected chi connectivity index (χ2v) is 6.97. The van der Waals surface area contributed by atoms with Gasteiger partial charge in [-0.1, -0.05) is 6.42 Å². The molecule has 0 aliphatic heterocycles. The molecule has 114 valence electrons. The molecule has 3 saturated carbocycles. The van der Waals surface area contributed by atoms with Crippen LogP contribution >= 0.6 is 0 Å². The summed E-state index contributed by atoms with van der Waals surface area (Å²) in [5, 5.41) is 3.78. The monoisotopic (exact) mass is 287 g/mol. The smallest absolute Gasteiger partial charge is 0.162 e. The van der Waals surface area contributed by atoms with Crippen molar-refractivity contribution in [3.05, 3.63) is 18.2 Å². The summed E-state index contributed by atoms with van der Waals surface area (Å²) in [6.45, 7) is 0. The normalized spacial score (nSPS) is 36.6. The van der Waals surface area contributed by atoms with E-state index in [1.54, 1.807) is 14.2 Å². The quantitative estimate of drug-likeness (QED) is 0.910. The third kappa shape index (κ3) is 2.09. The summed E-state index contributed by atoms with van der Waals surface area (Å²) in [6.07, 6.45) is 7.25. The zero-order chi connectivity index (χ0) is 14.4. The number of anilines is 1. The van der Waals surface area contributed by atoms with Crippen LogP contribution < -0.4 is 14.8 Å². The van der Waals surface area contributed by atoms with Gasteiger partial charge in [0.1, 0.15) is 0 Å². The van der Waals surface area contributed by atoms with Crippen LogP contribution in [0.4, 0.5) is 5.69 Å². The van der Waals surface area contributed by atoms with Gasteiger partial charge in [-0.3, -0.25) is 0 Å². The Kier molecular flexibility index (Phi) is 3.24. The molecule has 3 aliphatic carbocycles. The minimum absolute atomic E-state index is 0.660. The highest BCUT2D eigenvalue weighted by Gasteiger charge is 2.53. The van der Waals surface area contributed by atoms with Gasteiger partial charge in [0.15, 0.2) is 11.5 Å². The molecule has 3 nitrogen and oxygen atoms in total. The molecule has 0 spiro atoms. The molecule has 0 amide bonds. The Hall–Kier alpha value is -1.38. The standard InChI is InChI=1S/C18H25NO2/c1-20-17-7-6-12(10-18(17)21-2)19-16-9-11-8-15(16)14-5-3-4-13(11)14/h6-7,10-11,13-16,19H,3-5,8-9H2,1-2H3. The first-order valence-electron chi connectivity index (χ1n) is 8.28. The molecule has 0 heterocycles. The van der Waals surface area contributed by atoms with Crippen LogP contribution in [0.5, 0.6) is 11.5 Å². The largest absolute Gasteiger partial charge is 0.493 e. The highest BCUT2D eigenvalue weighted by atomic mass is 16.5. The van der Waals surface area contributed by atoms with Crippen LogP contribution in [-0.4, -0.2) is 20.3 Å². The Balaban J connectivity index is 1.50. The van der Waals surface area contributed by atoms with Gasteiger partial charge in [0.25, 0.3) is 0 Å². The van der Waals surface area contributed by atoms with Crippen molar-refractivity contribution >= 4 is 5.69 Å². The summed E-state index contributed by atoms with van der Waals surface area (Å²) in [4.78, 5) is 0. The van der Waals surface area contributed by atoms with Crippen LogP contribution in [0, 0.1) is 23.7 Å². The summed E-state index contributed by atoms with van der Waals surface area (Å²) in [7, 11) is 3.38. The molecule has 1 aromatic carbocycles. The maximum atomic E-state index is 5.41. The van der Waals surface area contributed by atoms with Crippen molar-refractivity contribution < 1.29 is 9.47 Å². The lowest BCUT2D eigenvalue weighted by atomic mass is 9.79. The van der Waals surface area contributed by atoms with Gasteiger partial charge >= 0.3 is 0 Å². The predicted octanol–water partition coefficient (Wildman–Crippen LogP) is 3.94. The number of ether oxygens (including phenoxy) is 2. The van der Waals surface area contributed by atoms with Gasteiger partial charge in [0, 0.05) is 17.8 Å². The summed E-state index contributed by atoms with van der Waals surface area (Å²) in [6, 6.07) is 6.83. The molecule has 3 fully saturated rings. The first kappa shape index (κ1) is 13.3. The summed E-state index contributed by atoms with van der Waals surface area (Å²) in [5.41, 5.74) is 1.17. The Labute approximate surface area is 127 Å². The van der Waals surface area contributed by atoms with E-state index in [4.69, 9.17) is 9.47 Å². The lowest BCUT2D eigenvalue weighted by Crippen LogP contribution is -2.33. The van der Waals surface area contributed by atoms with Crippen molar-refractivity contribution in [1.29, 1.82) is 0 Å². The number of hydrogen-bond donors (Lipinski definition) is 1. The first-order chi connectivity index (χ1) is 10.3. The maximum Gasteiger partial charge on any atom is 0.162 e. The van der Waals surface area contributed by atoms with Crippen molar-refractivity contribution in [2.45, 2.75) is 38.1 Å².